The van der Waals surface area contributed by atoms with Gasteiger partial charge < -0.3 is 14.9 Å². The Morgan fingerprint density at radius 2 is 2.06 bits per heavy atom. The Bertz CT molecular complexity index is 333. The van der Waals surface area contributed by atoms with Crippen LogP contribution in [0.2, 0.25) is 0 Å². The molecule has 4 heteroatoms. The molecular weight excluding hydrogens is 218 g/mol. The summed E-state index contributed by atoms with van der Waals surface area (Å²) >= 11 is 0. The first-order chi connectivity index (χ1) is 8.27. The number of hydrogen-bond acceptors (Lipinski definition) is 4. The van der Waals surface area contributed by atoms with Gasteiger partial charge in [0.1, 0.15) is 5.76 Å². The standard InChI is InChI=1S/C13H21NO3/c1-2-3-4-5-6-9-16-13(15)12-8-7-11(10-14)17-12/h7-8H,2-6,9-10,14H2,1H3. The summed E-state index contributed by atoms with van der Waals surface area (Å²) in [5.41, 5.74) is 5.39. The van der Waals surface area contributed by atoms with Gasteiger partial charge >= 0.3 is 5.97 Å². The molecule has 17 heavy (non-hydrogen) atoms. The zero-order valence-corrected chi connectivity index (χ0v) is 10.4. The van der Waals surface area contributed by atoms with Crippen LogP contribution in [-0.2, 0) is 11.3 Å². The van der Waals surface area contributed by atoms with Crippen molar-refractivity contribution in [1.29, 1.82) is 0 Å². The molecule has 0 amide bonds. The predicted octanol–water partition coefficient (Wildman–Crippen LogP) is 2.87. The molecule has 0 fully saturated rings. The number of ether oxygens (including phenoxy) is 1. The molecule has 1 aromatic rings. The third kappa shape index (κ3) is 5.04. The lowest BCUT2D eigenvalue weighted by atomic mass is 10.2. The van der Waals surface area contributed by atoms with Gasteiger partial charge in [-0.2, -0.15) is 0 Å². The average Bonchev–Trinajstić information content (AvgIpc) is 2.82. The van der Waals surface area contributed by atoms with Gasteiger partial charge in [0.15, 0.2) is 0 Å². The summed E-state index contributed by atoms with van der Waals surface area (Å²) in [4.78, 5) is 11.5. The molecule has 0 atom stereocenters. The van der Waals surface area contributed by atoms with Gasteiger partial charge in [-0.25, -0.2) is 4.79 Å². The van der Waals surface area contributed by atoms with Gasteiger partial charge in [0, 0.05) is 0 Å². The van der Waals surface area contributed by atoms with Gasteiger partial charge in [-0.3, -0.25) is 0 Å². The summed E-state index contributed by atoms with van der Waals surface area (Å²) in [6.07, 6.45) is 5.68. The number of rotatable bonds is 8. The fourth-order valence-corrected chi connectivity index (χ4v) is 1.54. The van der Waals surface area contributed by atoms with Crippen LogP contribution in [-0.4, -0.2) is 12.6 Å². The number of esters is 1. The third-order valence-corrected chi connectivity index (χ3v) is 2.55. The largest absolute Gasteiger partial charge is 0.460 e. The van der Waals surface area contributed by atoms with E-state index >= 15 is 0 Å². The molecule has 1 heterocycles. The molecule has 0 aromatic carbocycles. The topological polar surface area (TPSA) is 65.5 Å². The summed E-state index contributed by atoms with van der Waals surface area (Å²) in [5.74, 6) is 0.430. The molecule has 4 nitrogen and oxygen atoms in total. The SMILES string of the molecule is CCCCCCCOC(=O)c1ccc(CN)o1. The second-order valence-electron chi connectivity index (χ2n) is 4.02. The zero-order chi connectivity index (χ0) is 12.5. The molecule has 2 N–H and O–H groups in total. The van der Waals surface area contributed by atoms with Crippen molar-refractivity contribution in [3.05, 3.63) is 23.7 Å². The molecule has 0 bridgehead atoms. The van der Waals surface area contributed by atoms with E-state index in [1.165, 1.54) is 19.3 Å². The lowest BCUT2D eigenvalue weighted by Crippen LogP contribution is -2.05. The summed E-state index contributed by atoms with van der Waals surface area (Å²) in [5, 5.41) is 0. The van der Waals surface area contributed by atoms with Crippen molar-refractivity contribution in [2.24, 2.45) is 5.73 Å². The third-order valence-electron chi connectivity index (χ3n) is 2.55. The van der Waals surface area contributed by atoms with Gasteiger partial charge in [-0.1, -0.05) is 32.6 Å². The van der Waals surface area contributed by atoms with Crippen molar-refractivity contribution in [2.45, 2.75) is 45.6 Å². The van der Waals surface area contributed by atoms with E-state index in [1.54, 1.807) is 12.1 Å². The lowest BCUT2D eigenvalue weighted by Gasteiger charge is -2.02. The van der Waals surface area contributed by atoms with E-state index in [4.69, 9.17) is 14.9 Å². The number of unbranched alkanes of at least 4 members (excludes halogenated alkanes) is 4. The number of nitrogens with two attached hydrogens (primary N) is 1. The monoisotopic (exact) mass is 239 g/mol. The van der Waals surface area contributed by atoms with Crippen molar-refractivity contribution in [3.8, 4) is 0 Å². The van der Waals surface area contributed by atoms with Crippen molar-refractivity contribution in [2.75, 3.05) is 6.61 Å². The van der Waals surface area contributed by atoms with Crippen LogP contribution in [0.3, 0.4) is 0 Å². The Morgan fingerprint density at radius 1 is 1.29 bits per heavy atom. The van der Waals surface area contributed by atoms with E-state index in [2.05, 4.69) is 6.92 Å². The van der Waals surface area contributed by atoms with Gasteiger partial charge in [0.05, 0.1) is 13.2 Å². The average molecular weight is 239 g/mol. The fraction of sp³-hybridized carbons (Fsp3) is 0.615. The molecule has 0 saturated heterocycles. The predicted molar refractivity (Wildman–Crippen MR) is 65.6 cm³/mol. The summed E-state index contributed by atoms with van der Waals surface area (Å²) in [6.45, 7) is 2.93. The van der Waals surface area contributed by atoms with Crippen LogP contribution in [0.25, 0.3) is 0 Å². The molecule has 0 unspecified atom stereocenters. The number of carbonyl (C=O) groups excluding carboxylic acids is 1. The number of carbonyl (C=O) groups is 1. The van der Waals surface area contributed by atoms with Crippen molar-refractivity contribution in [1.82, 2.24) is 0 Å². The van der Waals surface area contributed by atoms with E-state index in [1.807, 2.05) is 0 Å². The van der Waals surface area contributed by atoms with E-state index < -0.39 is 5.97 Å². The maximum atomic E-state index is 11.5. The van der Waals surface area contributed by atoms with Crippen molar-refractivity contribution in [3.63, 3.8) is 0 Å². The van der Waals surface area contributed by atoms with Crippen LogP contribution in [0.5, 0.6) is 0 Å². The van der Waals surface area contributed by atoms with E-state index in [0.717, 1.165) is 12.8 Å². The first kappa shape index (κ1) is 13.8. The molecule has 0 radical (unpaired) electrons. The van der Waals surface area contributed by atoms with Crippen LogP contribution in [0, 0.1) is 0 Å². The number of hydrogen-bond donors (Lipinski definition) is 1. The summed E-state index contributed by atoms with van der Waals surface area (Å²) < 4.78 is 10.3. The van der Waals surface area contributed by atoms with Crippen LogP contribution in [0.1, 0.15) is 55.3 Å². The molecule has 0 saturated carbocycles. The molecule has 0 aliphatic rings. The highest BCUT2D eigenvalue weighted by Gasteiger charge is 2.11. The van der Waals surface area contributed by atoms with E-state index in [0.29, 0.717) is 18.9 Å². The summed E-state index contributed by atoms with van der Waals surface area (Å²) in [7, 11) is 0. The van der Waals surface area contributed by atoms with E-state index in [9.17, 15) is 4.79 Å². The maximum Gasteiger partial charge on any atom is 0.374 e. The van der Waals surface area contributed by atoms with Gasteiger partial charge in [-0.05, 0) is 18.6 Å². The molecule has 96 valence electrons. The minimum absolute atomic E-state index is 0.235. The maximum absolute atomic E-state index is 11.5. The second kappa shape index (κ2) is 7.90. The van der Waals surface area contributed by atoms with Crippen LogP contribution < -0.4 is 5.73 Å². The lowest BCUT2D eigenvalue weighted by molar-refractivity contribution is 0.0459. The Balaban J connectivity index is 2.16. The molecule has 0 aliphatic carbocycles. The molecule has 0 spiro atoms. The molecule has 0 aliphatic heterocycles. The van der Waals surface area contributed by atoms with E-state index in [-0.39, 0.29) is 5.76 Å². The minimum Gasteiger partial charge on any atom is -0.460 e. The van der Waals surface area contributed by atoms with Crippen LogP contribution in [0.15, 0.2) is 16.5 Å². The Labute approximate surface area is 102 Å². The first-order valence-corrected chi connectivity index (χ1v) is 6.23. The second-order valence-corrected chi connectivity index (χ2v) is 4.02. The zero-order valence-electron chi connectivity index (χ0n) is 10.4. The first-order valence-electron chi connectivity index (χ1n) is 6.23. The fourth-order valence-electron chi connectivity index (χ4n) is 1.54. The highest BCUT2D eigenvalue weighted by Crippen LogP contribution is 2.09. The van der Waals surface area contributed by atoms with Gasteiger partial charge in [0.25, 0.3) is 0 Å². The Morgan fingerprint density at radius 3 is 2.71 bits per heavy atom. The van der Waals surface area contributed by atoms with Crippen molar-refractivity contribution >= 4 is 5.97 Å². The Hall–Kier alpha value is -1.29. The molecule has 1 rings (SSSR count). The van der Waals surface area contributed by atoms with Crippen LogP contribution >= 0.6 is 0 Å². The molecular formula is C13H21NO3. The van der Waals surface area contributed by atoms with Crippen molar-refractivity contribution < 1.29 is 13.9 Å². The van der Waals surface area contributed by atoms with Crippen LogP contribution in [0.4, 0.5) is 0 Å². The van der Waals surface area contributed by atoms with Gasteiger partial charge in [0.2, 0.25) is 5.76 Å². The minimum atomic E-state index is -0.403. The highest BCUT2D eigenvalue weighted by molar-refractivity contribution is 5.86. The smallest absolute Gasteiger partial charge is 0.374 e. The number of furan rings is 1. The Kier molecular flexibility index (Phi) is 6.40. The normalized spacial score (nSPS) is 10.5. The quantitative estimate of drug-likeness (QED) is 0.559. The van der Waals surface area contributed by atoms with Gasteiger partial charge in [-0.15, -0.1) is 0 Å². The summed E-state index contributed by atoms with van der Waals surface area (Å²) in [6, 6.07) is 3.29. The molecule has 1 aromatic heterocycles. The highest BCUT2D eigenvalue weighted by atomic mass is 16.5.